The largest absolute Gasteiger partial charge is 0.355 e. The van der Waals surface area contributed by atoms with Gasteiger partial charge in [-0.05, 0) is 52.3 Å². The Morgan fingerprint density at radius 3 is 2.43 bits per heavy atom. The number of nitrogens with one attached hydrogen (secondary N) is 3. The third-order valence-corrected chi connectivity index (χ3v) is 4.22. The minimum atomic E-state index is -0.675. The molecule has 0 saturated heterocycles. The van der Waals surface area contributed by atoms with Crippen LogP contribution in [-0.4, -0.2) is 20.8 Å². The van der Waals surface area contributed by atoms with E-state index in [-0.39, 0.29) is 17.2 Å². The van der Waals surface area contributed by atoms with Gasteiger partial charge in [-0.3, -0.25) is 25.8 Å². The van der Waals surface area contributed by atoms with Crippen molar-refractivity contribution in [3.05, 3.63) is 80.8 Å². The monoisotopic (exact) mass is 446 g/mol. The molecular formula is C17H12BrFN6O3. The van der Waals surface area contributed by atoms with E-state index in [9.17, 15) is 19.3 Å². The van der Waals surface area contributed by atoms with E-state index in [0.717, 1.165) is 18.5 Å². The fourth-order valence-corrected chi connectivity index (χ4v) is 2.60. The Hall–Kier alpha value is -3.60. The highest BCUT2D eigenvalue weighted by atomic mass is 79.9. The number of nitro groups is 1. The molecule has 0 radical (unpaired) electrons. The lowest BCUT2D eigenvalue weighted by Crippen LogP contribution is -2.30. The van der Waals surface area contributed by atoms with Crippen molar-refractivity contribution in [3.63, 3.8) is 0 Å². The second kappa shape index (κ2) is 8.39. The Morgan fingerprint density at radius 2 is 1.75 bits per heavy atom. The van der Waals surface area contributed by atoms with Crippen molar-refractivity contribution in [1.82, 2.24) is 15.4 Å². The fourth-order valence-electron chi connectivity index (χ4n) is 2.21. The maximum atomic E-state index is 12.9. The fraction of sp³-hybridized carbons (Fsp3) is 0. The Morgan fingerprint density at radius 1 is 1.07 bits per heavy atom. The molecule has 142 valence electrons. The van der Waals surface area contributed by atoms with Gasteiger partial charge in [0.2, 0.25) is 11.6 Å². The highest BCUT2D eigenvalue weighted by Gasteiger charge is 2.24. The lowest BCUT2D eigenvalue weighted by molar-refractivity contribution is -0.383. The first-order chi connectivity index (χ1) is 13.5. The van der Waals surface area contributed by atoms with Crippen LogP contribution in [0.2, 0.25) is 0 Å². The summed E-state index contributed by atoms with van der Waals surface area (Å²) in [6.07, 6.45) is 1.11. The third kappa shape index (κ3) is 4.38. The maximum Gasteiger partial charge on any atom is 0.355 e. The molecule has 0 spiro atoms. The van der Waals surface area contributed by atoms with Gasteiger partial charge >= 0.3 is 5.69 Å². The molecule has 3 rings (SSSR count). The lowest BCUT2D eigenvalue weighted by atomic mass is 10.2. The van der Waals surface area contributed by atoms with Crippen LogP contribution in [0.1, 0.15) is 10.4 Å². The zero-order valence-electron chi connectivity index (χ0n) is 14.0. The molecule has 1 amide bonds. The van der Waals surface area contributed by atoms with Crippen molar-refractivity contribution >= 4 is 44.8 Å². The predicted molar refractivity (Wildman–Crippen MR) is 104 cm³/mol. The number of hydrazine groups is 1. The van der Waals surface area contributed by atoms with Crippen molar-refractivity contribution in [2.75, 3.05) is 10.7 Å². The van der Waals surface area contributed by atoms with Crippen LogP contribution in [0.25, 0.3) is 0 Å². The number of hydrogen-bond donors (Lipinski definition) is 3. The molecule has 9 nitrogen and oxygen atoms in total. The molecule has 3 aromatic rings. The summed E-state index contributed by atoms with van der Waals surface area (Å²) >= 11 is 3.34. The van der Waals surface area contributed by atoms with Gasteiger partial charge in [-0.2, -0.15) is 0 Å². The zero-order valence-corrected chi connectivity index (χ0v) is 15.6. The van der Waals surface area contributed by atoms with Gasteiger partial charge in [-0.1, -0.05) is 12.1 Å². The smallest absolute Gasteiger partial charge is 0.333 e. The van der Waals surface area contributed by atoms with Crippen molar-refractivity contribution in [1.29, 1.82) is 0 Å². The molecule has 0 aliphatic rings. The molecule has 0 bridgehead atoms. The molecule has 0 unspecified atom stereocenters. The third-order valence-electron chi connectivity index (χ3n) is 3.53. The average molecular weight is 447 g/mol. The van der Waals surface area contributed by atoms with E-state index in [0.29, 0.717) is 10.2 Å². The molecule has 3 N–H and O–H groups in total. The summed E-state index contributed by atoms with van der Waals surface area (Å²) in [6, 6.07) is 11.8. The minimum absolute atomic E-state index is 0.0644. The number of benzene rings is 2. The molecule has 0 atom stereocenters. The Kier molecular flexibility index (Phi) is 5.75. The van der Waals surface area contributed by atoms with Crippen LogP contribution >= 0.6 is 15.9 Å². The van der Waals surface area contributed by atoms with Gasteiger partial charge in [0.25, 0.3) is 5.91 Å². The van der Waals surface area contributed by atoms with Crippen molar-refractivity contribution in [3.8, 4) is 0 Å². The normalized spacial score (nSPS) is 10.2. The zero-order chi connectivity index (χ0) is 20.1. The lowest BCUT2D eigenvalue weighted by Gasteiger charge is -2.11. The first-order valence-corrected chi connectivity index (χ1v) is 8.58. The molecule has 0 aliphatic heterocycles. The highest BCUT2D eigenvalue weighted by Crippen LogP contribution is 2.33. The van der Waals surface area contributed by atoms with Crippen LogP contribution in [0.5, 0.6) is 0 Å². The van der Waals surface area contributed by atoms with Gasteiger partial charge in [0.15, 0.2) is 0 Å². The van der Waals surface area contributed by atoms with Gasteiger partial charge in [0.1, 0.15) is 12.1 Å². The van der Waals surface area contributed by atoms with Crippen LogP contribution in [0.15, 0.2) is 59.3 Å². The van der Waals surface area contributed by atoms with Gasteiger partial charge in [0, 0.05) is 10.0 Å². The van der Waals surface area contributed by atoms with E-state index in [1.807, 2.05) is 0 Å². The maximum absolute atomic E-state index is 12.9. The number of carbonyl (C=O) groups excluding carboxylic acids is 1. The molecule has 1 heterocycles. The van der Waals surface area contributed by atoms with Gasteiger partial charge < -0.3 is 5.32 Å². The van der Waals surface area contributed by atoms with E-state index < -0.39 is 22.3 Å². The predicted octanol–water partition coefficient (Wildman–Crippen LogP) is 3.79. The van der Waals surface area contributed by atoms with Crippen LogP contribution in [0, 0.1) is 15.9 Å². The molecule has 28 heavy (non-hydrogen) atoms. The summed E-state index contributed by atoms with van der Waals surface area (Å²) in [5.41, 5.74) is 4.96. The van der Waals surface area contributed by atoms with Crippen LogP contribution in [0.4, 0.5) is 27.4 Å². The topological polar surface area (TPSA) is 122 Å². The molecule has 0 saturated carbocycles. The second-order valence-electron chi connectivity index (χ2n) is 5.37. The molecular weight excluding hydrogens is 435 g/mol. The van der Waals surface area contributed by atoms with E-state index in [1.54, 1.807) is 24.3 Å². The number of anilines is 3. The first kappa shape index (κ1) is 19.2. The van der Waals surface area contributed by atoms with Gasteiger partial charge in [0.05, 0.1) is 10.6 Å². The number of para-hydroxylation sites is 1. The number of nitrogens with zero attached hydrogens (tertiary/aromatic N) is 3. The molecule has 2 aromatic carbocycles. The highest BCUT2D eigenvalue weighted by molar-refractivity contribution is 9.10. The van der Waals surface area contributed by atoms with E-state index in [2.05, 4.69) is 42.1 Å². The van der Waals surface area contributed by atoms with Gasteiger partial charge in [-0.25, -0.2) is 14.4 Å². The summed E-state index contributed by atoms with van der Waals surface area (Å²) in [5.74, 6) is -1.39. The number of hydrogen-bond acceptors (Lipinski definition) is 7. The Balaban J connectivity index is 1.83. The standard InChI is InChI=1S/C17H12BrFN6O3/c18-12-3-1-2-4-13(12)22-15-14(25(27)28)16(21-9-20-15)23-24-17(26)10-5-7-11(19)8-6-10/h1-9H,(H,24,26)(H2,20,21,22,23). The molecule has 11 heteroatoms. The molecule has 1 aromatic heterocycles. The Bertz CT molecular complexity index is 1030. The number of aromatic nitrogens is 2. The van der Waals surface area contributed by atoms with Crippen LogP contribution in [0.3, 0.4) is 0 Å². The number of halogens is 2. The Labute approximate surface area is 166 Å². The van der Waals surface area contributed by atoms with Crippen molar-refractivity contribution in [2.45, 2.75) is 0 Å². The number of rotatable bonds is 6. The van der Waals surface area contributed by atoms with Crippen molar-refractivity contribution < 1.29 is 14.1 Å². The van der Waals surface area contributed by atoms with Crippen LogP contribution < -0.4 is 16.2 Å². The summed E-state index contributed by atoms with van der Waals surface area (Å²) < 4.78 is 13.6. The van der Waals surface area contributed by atoms with Crippen molar-refractivity contribution in [2.24, 2.45) is 0 Å². The van der Waals surface area contributed by atoms with Crippen LogP contribution in [-0.2, 0) is 0 Å². The molecule has 0 fully saturated rings. The number of carbonyl (C=O) groups is 1. The quantitative estimate of drug-likeness (QED) is 0.388. The first-order valence-electron chi connectivity index (χ1n) is 7.78. The summed E-state index contributed by atoms with van der Waals surface area (Å²) in [6.45, 7) is 0. The average Bonchev–Trinajstić information content (AvgIpc) is 2.68. The summed E-state index contributed by atoms with van der Waals surface area (Å²) in [5, 5.41) is 14.4. The van der Waals surface area contributed by atoms with E-state index >= 15 is 0 Å². The second-order valence-corrected chi connectivity index (χ2v) is 6.22. The van der Waals surface area contributed by atoms with Gasteiger partial charge in [-0.15, -0.1) is 0 Å². The van der Waals surface area contributed by atoms with E-state index in [1.165, 1.54) is 12.1 Å². The SMILES string of the molecule is O=C(NNc1ncnc(Nc2ccccc2Br)c1[N+](=O)[O-])c1ccc(F)cc1. The van der Waals surface area contributed by atoms with E-state index in [4.69, 9.17) is 0 Å². The number of amides is 1. The summed E-state index contributed by atoms with van der Waals surface area (Å²) in [4.78, 5) is 30.7. The minimum Gasteiger partial charge on any atom is -0.333 e. The molecule has 0 aliphatic carbocycles. The summed E-state index contributed by atoms with van der Waals surface area (Å²) in [7, 11) is 0.